The molecule has 2 unspecified atom stereocenters. The van der Waals surface area contributed by atoms with Crippen LogP contribution in [0, 0.1) is 0 Å². The van der Waals surface area contributed by atoms with Crippen molar-refractivity contribution in [3.63, 3.8) is 0 Å². The molecule has 2 atom stereocenters. The van der Waals surface area contributed by atoms with E-state index < -0.39 is 0 Å². The first kappa shape index (κ1) is 12.2. The number of fused-ring (bicyclic) bond motifs is 1. The Morgan fingerprint density at radius 3 is 3.06 bits per heavy atom. The van der Waals surface area contributed by atoms with Crippen molar-refractivity contribution in [1.82, 2.24) is 0 Å². The highest BCUT2D eigenvalue weighted by atomic mass is 79.9. The molecule has 0 amide bonds. The number of hydrogen-bond donors (Lipinski definition) is 0. The molecule has 3 rings (SSSR count). The normalized spacial score (nSPS) is 27.1. The summed E-state index contributed by atoms with van der Waals surface area (Å²) in [5, 5.41) is 0. The second kappa shape index (κ2) is 5.02. The van der Waals surface area contributed by atoms with Gasteiger partial charge >= 0.3 is 0 Å². The van der Waals surface area contributed by atoms with Crippen LogP contribution < -0.4 is 4.90 Å². The van der Waals surface area contributed by atoms with Crippen LogP contribution in [0.2, 0.25) is 0 Å². The summed E-state index contributed by atoms with van der Waals surface area (Å²) < 4.78 is 6.69. The molecule has 1 aliphatic heterocycles. The zero-order valence-electron chi connectivity index (χ0n) is 10.1. The van der Waals surface area contributed by atoms with Gasteiger partial charge in [0.2, 0.25) is 0 Å². The number of rotatable bonds is 2. The first-order valence-corrected chi connectivity index (χ1v) is 7.22. The number of nitrogens with zero attached hydrogens (tertiary/aromatic N) is 1. The van der Waals surface area contributed by atoms with Gasteiger partial charge in [-0.25, -0.2) is 0 Å². The van der Waals surface area contributed by atoms with Gasteiger partial charge in [-0.2, -0.15) is 0 Å². The maximum absolute atomic E-state index is 10.8. The molecular weight excluding hydrogens is 294 g/mol. The molecule has 0 bridgehead atoms. The Labute approximate surface area is 115 Å². The van der Waals surface area contributed by atoms with Gasteiger partial charge in [-0.3, -0.25) is 4.79 Å². The third-order valence-corrected chi connectivity index (χ3v) is 4.61. The molecule has 2 fully saturated rings. The van der Waals surface area contributed by atoms with E-state index >= 15 is 0 Å². The molecule has 0 radical (unpaired) electrons. The van der Waals surface area contributed by atoms with E-state index in [0.29, 0.717) is 17.7 Å². The number of halogens is 1. The Bertz CT molecular complexity index is 463. The second-order valence-corrected chi connectivity index (χ2v) is 5.78. The van der Waals surface area contributed by atoms with E-state index in [9.17, 15) is 4.79 Å². The van der Waals surface area contributed by atoms with Crippen molar-refractivity contribution in [2.45, 2.75) is 31.4 Å². The Morgan fingerprint density at radius 2 is 2.28 bits per heavy atom. The molecule has 2 aliphatic rings. The van der Waals surface area contributed by atoms with Gasteiger partial charge in [0.25, 0.3) is 0 Å². The van der Waals surface area contributed by atoms with Gasteiger partial charge in [0, 0.05) is 22.3 Å². The van der Waals surface area contributed by atoms with E-state index in [1.165, 1.54) is 24.9 Å². The lowest BCUT2D eigenvalue weighted by molar-refractivity contribution is 0.0256. The number of morpholine rings is 1. The molecule has 0 aromatic heterocycles. The molecular formula is C14H16BrNO2. The highest BCUT2D eigenvalue weighted by Crippen LogP contribution is 2.34. The van der Waals surface area contributed by atoms with E-state index in [4.69, 9.17) is 4.74 Å². The van der Waals surface area contributed by atoms with Crippen LogP contribution in [0.1, 0.15) is 29.6 Å². The van der Waals surface area contributed by atoms with Gasteiger partial charge < -0.3 is 9.64 Å². The average molecular weight is 310 g/mol. The number of benzene rings is 1. The van der Waals surface area contributed by atoms with Gasteiger partial charge in [0.1, 0.15) is 0 Å². The van der Waals surface area contributed by atoms with Crippen LogP contribution in [0.4, 0.5) is 5.69 Å². The summed E-state index contributed by atoms with van der Waals surface area (Å²) in [5.41, 5.74) is 1.89. The van der Waals surface area contributed by atoms with Crippen LogP contribution >= 0.6 is 15.9 Å². The number of ether oxygens (including phenoxy) is 1. The Balaban J connectivity index is 1.89. The number of anilines is 1. The molecule has 1 saturated carbocycles. The molecule has 4 heteroatoms. The Hall–Kier alpha value is -0.870. The molecule has 1 aromatic rings. The maximum Gasteiger partial charge on any atom is 0.151 e. The fourth-order valence-electron chi connectivity index (χ4n) is 3.04. The third-order valence-electron chi connectivity index (χ3n) is 3.92. The van der Waals surface area contributed by atoms with Crippen molar-refractivity contribution >= 4 is 27.9 Å². The monoisotopic (exact) mass is 309 g/mol. The van der Waals surface area contributed by atoms with Crippen molar-refractivity contribution in [2.75, 3.05) is 18.1 Å². The third kappa shape index (κ3) is 2.08. The zero-order valence-corrected chi connectivity index (χ0v) is 11.7. The maximum atomic E-state index is 10.8. The topological polar surface area (TPSA) is 29.5 Å². The second-order valence-electron chi connectivity index (χ2n) is 4.92. The summed E-state index contributed by atoms with van der Waals surface area (Å²) >= 11 is 3.46. The number of carbonyl (C=O) groups is 1. The zero-order chi connectivity index (χ0) is 12.5. The molecule has 18 heavy (non-hydrogen) atoms. The van der Waals surface area contributed by atoms with Gasteiger partial charge in [0.05, 0.1) is 18.8 Å². The Kier molecular flexibility index (Phi) is 3.39. The van der Waals surface area contributed by atoms with Crippen molar-refractivity contribution < 1.29 is 9.53 Å². The van der Waals surface area contributed by atoms with Crippen molar-refractivity contribution in [3.8, 4) is 0 Å². The molecule has 1 aliphatic carbocycles. The largest absolute Gasteiger partial charge is 0.374 e. The van der Waals surface area contributed by atoms with Crippen LogP contribution in [0.3, 0.4) is 0 Å². The molecule has 0 N–H and O–H groups in total. The summed E-state index contributed by atoms with van der Waals surface area (Å²) in [6.07, 6.45) is 4.90. The van der Waals surface area contributed by atoms with Crippen LogP contribution in [-0.4, -0.2) is 31.6 Å². The highest BCUT2D eigenvalue weighted by molar-refractivity contribution is 9.10. The summed E-state index contributed by atoms with van der Waals surface area (Å²) in [6, 6.07) is 6.47. The number of hydrogen-bond acceptors (Lipinski definition) is 3. The molecule has 3 nitrogen and oxygen atoms in total. The molecule has 1 saturated heterocycles. The van der Waals surface area contributed by atoms with Gasteiger partial charge in [0.15, 0.2) is 6.29 Å². The Morgan fingerprint density at radius 1 is 1.39 bits per heavy atom. The minimum absolute atomic E-state index is 0.392. The van der Waals surface area contributed by atoms with Gasteiger partial charge in [-0.1, -0.05) is 0 Å². The predicted octanol–water partition coefficient (Wildman–Crippen LogP) is 3.02. The van der Waals surface area contributed by atoms with Crippen LogP contribution in [0.25, 0.3) is 0 Å². The van der Waals surface area contributed by atoms with Gasteiger partial charge in [-0.15, -0.1) is 0 Å². The molecule has 96 valence electrons. The fourth-order valence-corrected chi connectivity index (χ4v) is 3.50. The quantitative estimate of drug-likeness (QED) is 0.787. The lowest BCUT2D eigenvalue weighted by Gasteiger charge is -2.39. The summed E-state index contributed by atoms with van der Waals surface area (Å²) in [6.45, 7) is 1.74. The van der Waals surface area contributed by atoms with Crippen LogP contribution in [0.5, 0.6) is 0 Å². The van der Waals surface area contributed by atoms with Crippen molar-refractivity contribution in [3.05, 3.63) is 28.2 Å². The minimum atomic E-state index is 0.392. The van der Waals surface area contributed by atoms with Crippen LogP contribution in [0.15, 0.2) is 22.7 Å². The fraction of sp³-hybridized carbons (Fsp3) is 0.500. The average Bonchev–Trinajstić information content (AvgIpc) is 2.86. The lowest BCUT2D eigenvalue weighted by atomic mass is 10.1. The first-order valence-electron chi connectivity index (χ1n) is 6.42. The summed E-state index contributed by atoms with van der Waals surface area (Å²) in [5.74, 6) is 0. The predicted molar refractivity (Wildman–Crippen MR) is 74.3 cm³/mol. The van der Waals surface area contributed by atoms with Gasteiger partial charge in [-0.05, 0) is 53.4 Å². The van der Waals surface area contributed by atoms with E-state index in [-0.39, 0.29) is 0 Å². The van der Waals surface area contributed by atoms with E-state index in [1.807, 2.05) is 18.2 Å². The van der Waals surface area contributed by atoms with E-state index in [1.54, 1.807) is 0 Å². The first-order chi connectivity index (χ1) is 8.79. The SMILES string of the molecule is O=Cc1ccc(N2CCOC3CCCC32)cc1Br. The van der Waals surface area contributed by atoms with Crippen molar-refractivity contribution in [1.29, 1.82) is 0 Å². The van der Waals surface area contributed by atoms with E-state index in [0.717, 1.165) is 23.9 Å². The summed E-state index contributed by atoms with van der Waals surface area (Å²) in [7, 11) is 0. The van der Waals surface area contributed by atoms with E-state index in [2.05, 4.69) is 20.8 Å². The smallest absolute Gasteiger partial charge is 0.151 e. The lowest BCUT2D eigenvalue weighted by Crippen LogP contribution is -2.48. The van der Waals surface area contributed by atoms with Crippen molar-refractivity contribution in [2.24, 2.45) is 0 Å². The standard InChI is InChI=1S/C14H16BrNO2/c15-12-8-11(5-4-10(12)9-17)16-6-7-18-14-3-1-2-13(14)16/h4-5,8-9,13-14H,1-3,6-7H2. The minimum Gasteiger partial charge on any atom is -0.374 e. The molecule has 1 aromatic carbocycles. The van der Waals surface area contributed by atoms with Crippen LogP contribution in [-0.2, 0) is 4.74 Å². The number of aldehydes is 1. The summed E-state index contributed by atoms with van der Waals surface area (Å²) in [4.78, 5) is 13.3. The molecule has 0 spiro atoms. The molecule has 1 heterocycles. The number of carbonyl (C=O) groups excluding carboxylic acids is 1. The highest BCUT2D eigenvalue weighted by Gasteiger charge is 2.36.